The molecule has 0 spiro atoms. The van der Waals surface area contributed by atoms with Crippen molar-refractivity contribution in [3.05, 3.63) is 94.5 Å². The molecule has 210 valence electrons. The van der Waals surface area contributed by atoms with Gasteiger partial charge in [-0.15, -0.1) is 0 Å². The summed E-state index contributed by atoms with van der Waals surface area (Å²) < 4.78 is 11.4. The lowest BCUT2D eigenvalue weighted by molar-refractivity contribution is 0.0167. The fourth-order valence-corrected chi connectivity index (χ4v) is 6.07. The molecule has 2 aliphatic rings. The van der Waals surface area contributed by atoms with Gasteiger partial charge in [-0.25, -0.2) is 9.59 Å². The van der Waals surface area contributed by atoms with Crippen LogP contribution >= 0.6 is 11.6 Å². The third kappa shape index (κ3) is 6.61. The molecule has 3 aromatic rings. The van der Waals surface area contributed by atoms with Crippen LogP contribution in [0.3, 0.4) is 0 Å². The highest BCUT2D eigenvalue weighted by molar-refractivity contribution is 6.30. The number of fused-ring (bicyclic) bond motifs is 3. The second-order valence-electron chi connectivity index (χ2n) is 11.7. The largest absolute Gasteiger partial charge is 0.449 e. The summed E-state index contributed by atoms with van der Waals surface area (Å²) in [5, 5.41) is 3.83. The molecule has 40 heavy (non-hydrogen) atoms. The Morgan fingerprint density at radius 2 is 1.57 bits per heavy atom. The van der Waals surface area contributed by atoms with Crippen LogP contribution < -0.4 is 5.32 Å². The molecule has 0 saturated carbocycles. The van der Waals surface area contributed by atoms with Gasteiger partial charge in [0, 0.05) is 30.1 Å². The molecule has 1 atom stereocenters. The van der Waals surface area contributed by atoms with Gasteiger partial charge in [0.2, 0.25) is 0 Å². The number of piperidine rings is 1. The number of ether oxygens (including phenoxy) is 2. The molecule has 1 heterocycles. The van der Waals surface area contributed by atoms with Gasteiger partial charge in [-0.3, -0.25) is 0 Å². The molecule has 2 amide bonds. The first-order valence-electron chi connectivity index (χ1n) is 14.0. The van der Waals surface area contributed by atoms with Crippen LogP contribution in [-0.2, 0) is 15.9 Å². The minimum atomic E-state index is -0.533. The van der Waals surface area contributed by atoms with Crippen LogP contribution in [0.5, 0.6) is 0 Å². The van der Waals surface area contributed by atoms with Crippen molar-refractivity contribution in [2.75, 3.05) is 19.7 Å². The van der Waals surface area contributed by atoms with Crippen molar-refractivity contribution in [1.82, 2.24) is 10.2 Å². The van der Waals surface area contributed by atoms with Gasteiger partial charge in [0.15, 0.2) is 0 Å². The summed E-state index contributed by atoms with van der Waals surface area (Å²) in [6.45, 7) is 7.04. The number of halogens is 1. The van der Waals surface area contributed by atoms with Crippen molar-refractivity contribution in [1.29, 1.82) is 0 Å². The molecule has 7 heteroatoms. The molecule has 0 radical (unpaired) electrons. The summed E-state index contributed by atoms with van der Waals surface area (Å²) in [7, 11) is 0. The number of carbonyl (C=O) groups is 2. The summed E-state index contributed by atoms with van der Waals surface area (Å²) in [6.07, 6.45) is 1.43. The average molecular weight is 561 g/mol. The second kappa shape index (κ2) is 11.9. The smallest absolute Gasteiger partial charge is 0.410 e. The standard InChI is InChI=1S/C33H37ClN2O4/c1-33(2,3)40-32(38)36-17-15-23(16-18-36)30(20-22-9-8-10-24(34)19-22)35-31(37)39-21-29-27-13-6-4-11-25(27)26-12-5-7-14-28(26)29/h4-14,19,23,29-30H,15-18,20-21H2,1-3H3,(H,35,37). The van der Waals surface area contributed by atoms with Gasteiger partial charge in [0.1, 0.15) is 12.2 Å². The maximum atomic E-state index is 13.2. The van der Waals surface area contributed by atoms with Gasteiger partial charge >= 0.3 is 12.2 Å². The van der Waals surface area contributed by atoms with Gasteiger partial charge in [-0.1, -0.05) is 72.3 Å². The van der Waals surface area contributed by atoms with E-state index >= 15 is 0 Å². The molecule has 3 aromatic carbocycles. The van der Waals surface area contributed by atoms with Gasteiger partial charge in [-0.2, -0.15) is 0 Å². The van der Waals surface area contributed by atoms with Crippen molar-refractivity contribution >= 4 is 23.8 Å². The van der Waals surface area contributed by atoms with E-state index in [0.717, 1.165) is 18.4 Å². The molecule has 6 nitrogen and oxygen atoms in total. The zero-order valence-electron chi connectivity index (χ0n) is 23.4. The number of rotatable bonds is 6. The molecule has 1 aliphatic carbocycles. The van der Waals surface area contributed by atoms with E-state index in [4.69, 9.17) is 21.1 Å². The first kappa shape index (κ1) is 28.0. The summed E-state index contributed by atoms with van der Waals surface area (Å²) in [5.74, 6) is 0.180. The quantitative estimate of drug-likeness (QED) is 0.340. The topological polar surface area (TPSA) is 67.9 Å². The summed E-state index contributed by atoms with van der Waals surface area (Å²) in [5.41, 5.74) is 5.27. The Kier molecular flexibility index (Phi) is 8.36. The Bertz CT molecular complexity index is 1310. The number of alkyl carbamates (subject to hydrolysis) is 1. The monoisotopic (exact) mass is 560 g/mol. The van der Waals surface area contributed by atoms with E-state index in [1.165, 1.54) is 22.3 Å². The molecule has 5 rings (SSSR count). The van der Waals surface area contributed by atoms with Crippen LogP contribution in [0, 0.1) is 5.92 Å². The van der Waals surface area contributed by atoms with E-state index in [0.29, 0.717) is 24.5 Å². The number of carbonyl (C=O) groups excluding carboxylic acids is 2. The lowest BCUT2D eigenvalue weighted by Crippen LogP contribution is -2.48. The fraction of sp³-hybridized carbons (Fsp3) is 0.394. The minimum Gasteiger partial charge on any atom is -0.449 e. The predicted molar refractivity (Wildman–Crippen MR) is 158 cm³/mol. The van der Waals surface area contributed by atoms with Crippen LogP contribution in [0.2, 0.25) is 5.02 Å². The Labute approximate surface area is 241 Å². The third-order valence-electron chi connectivity index (χ3n) is 7.75. The van der Waals surface area contributed by atoms with Crippen LogP contribution in [0.4, 0.5) is 9.59 Å². The SMILES string of the molecule is CC(C)(C)OC(=O)N1CCC(C(Cc2cccc(Cl)c2)NC(=O)OCC2c3ccccc3-c3ccccc32)CC1. The number of nitrogens with zero attached hydrogens (tertiary/aromatic N) is 1. The summed E-state index contributed by atoms with van der Waals surface area (Å²) in [6, 6.07) is 24.2. The molecule has 1 saturated heterocycles. The minimum absolute atomic E-state index is 0.00148. The second-order valence-corrected chi connectivity index (χ2v) is 12.2. The highest BCUT2D eigenvalue weighted by atomic mass is 35.5. The molecule has 1 aliphatic heterocycles. The molecule has 1 N–H and O–H groups in total. The third-order valence-corrected chi connectivity index (χ3v) is 7.99. The first-order chi connectivity index (χ1) is 19.2. The molecule has 1 fully saturated rings. The zero-order chi connectivity index (χ0) is 28.3. The number of benzene rings is 3. The van der Waals surface area contributed by atoms with Crippen molar-refractivity contribution < 1.29 is 19.1 Å². The Morgan fingerprint density at radius 1 is 0.950 bits per heavy atom. The van der Waals surface area contributed by atoms with Gasteiger partial charge < -0.3 is 19.7 Å². The average Bonchev–Trinajstić information content (AvgIpc) is 3.24. The van der Waals surface area contributed by atoms with E-state index in [1.54, 1.807) is 4.90 Å². The number of amides is 2. The normalized spacial score (nSPS) is 16.1. The first-order valence-corrected chi connectivity index (χ1v) is 14.4. The van der Waals surface area contributed by atoms with E-state index in [1.807, 2.05) is 69.3 Å². The number of hydrogen-bond acceptors (Lipinski definition) is 4. The van der Waals surface area contributed by atoms with E-state index in [2.05, 4.69) is 29.6 Å². The van der Waals surface area contributed by atoms with Crippen LogP contribution in [0.1, 0.15) is 56.2 Å². The lowest BCUT2D eigenvalue weighted by Gasteiger charge is -2.37. The molecule has 0 aromatic heterocycles. The summed E-state index contributed by atoms with van der Waals surface area (Å²) in [4.78, 5) is 27.6. The fourth-order valence-electron chi connectivity index (χ4n) is 5.86. The summed E-state index contributed by atoms with van der Waals surface area (Å²) >= 11 is 6.26. The van der Waals surface area contributed by atoms with Crippen molar-refractivity contribution in [2.45, 2.75) is 57.6 Å². The van der Waals surface area contributed by atoms with Crippen molar-refractivity contribution in [3.63, 3.8) is 0 Å². The van der Waals surface area contributed by atoms with E-state index in [9.17, 15) is 9.59 Å². The van der Waals surface area contributed by atoms with Gasteiger partial charge in [0.25, 0.3) is 0 Å². The van der Waals surface area contributed by atoms with Crippen molar-refractivity contribution in [3.8, 4) is 11.1 Å². The van der Waals surface area contributed by atoms with Gasteiger partial charge in [0.05, 0.1) is 0 Å². The highest BCUT2D eigenvalue weighted by Crippen LogP contribution is 2.44. The molecular formula is C33H37ClN2O4. The molecular weight excluding hydrogens is 524 g/mol. The Morgan fingerprint density at radius 3 is 2.17 bits per heavy atom. The lowest BCUT2D eigenvalue weighted by atomic mass is 9.86. The van der Waals surface area contributed by atoms with Gasteiger partial charge in [-0.05, 0) is 85.9 Å². The zero-order valence-corrected chi connectivity index (χ0v) is 24.1. The highest BCUT2D eigenvalue weighted by Gasteiger charge is 2.33. The number of likely N-dealkylation sites (tertiary alicyclic amines) is 1. The van der Waals surface area contributed by atoms with E-state index < -0.39 is 11.7 Å². The van der Waals surface area contributed by atoms with Crippen LogP contribution in [0.25, 0.3) is 11.1 Å². The Balaban J connectivity index is 1.25. The van der Waals surface area contributed by atoms with E-state index in [-0.39, 0.29) is 30.6 Å². The molecule has 1 unspecified atom stereocenters. The number of nitrogens with one attached hydrogen (secondary N) is 1. The number of hydrogen-bond donors (Lipinski definition) is 1. The Hall–Kier alpha value is -3.51. The predicted octanol–water partition coefficient (Wildman–Crippen LogP) is 7.44. The van der Waals surface area contributed by atoms with Crippen LogP contribution in [-0.4, -0.2) is 48.4 Å². The maximum Gasteiger partial charge on any atom is 0.410 e. The van der Waals surface area contributed by atoms with Crippen molar-refractivity contribution in [2.24, 2.45) is 5.92 Å². The maximum absolute atomic E-state index is 13.2. The molecule has 0 bridgehead atoms. The van der Waals surface area contributed by atoms with Crippen LogP contribution in [0.15, 0.2) is 72.8 Å².